The van der Waals surface area contributed by atoms with Gasteiger partial charge in [-0.1, -0.05) is 17.7 Å². The van der Waals surface area contributed by atoms with E-state index in [-0.39, 0.29) is 17.9 Å². The van der Waals surface area contributed by atoms with Crippen molar-refractivity contribution in [3.8, 4) is 0 Å². The standard InChI is InChI=1S/C28H35N5O2/c1-18-8-12-24-23(15-18)26(33-25(32-24)13-10-21-7-5-6-14-30-21)22-11-9-20(29)16-19(22)17-31-27(34)35-28(2,3)4/h5-8,10,12-15,19-20,22H,9,11,16-17,29H2,1-4H3,(H,31,34)/b13-10-. The largest absolute Gasteiger partial charge is 0.444 e. The van der Waals surface area contributed by atoms with Crippen molar-refractivity contribution in [3.05, 3.63) is 65.4 Å². The molecule has 3 N–H and O–H groups in total. The third-order valence-electron chi connectivity index (χ3n) is 6.27. The molecule has 1 aliphatic rings. The lowest BCUT2D eigenvalue weighted by Crippen LogP contribution is -2.41. The van der Waals surface area contributed by atoms with Crippen LogP contribution in [0.15, 0.2) is 42.6 Å². The minimum Gasteiger partial charge on any atom is -0.444 e. The van der Waals surface area contributed by atoms with Crippen LogP contribution in [0.4, 0.5) is 4.79 Å². The lowest BCUT2D eigenvalue weighted by Gasteiger charge is -2.35. The van der Waals surface area contributed by atoms with Crippen molar-refractivity contribution in [3.63, 3.8) is 0 Å². The second-order valence-electron chi connectivity index (χ2n) is 10.4. The second kappa shape index (κ2) is 10.5. The molecule has 7 heteroatoms. The van der Waals surface area contributed by atoms with Crippen molar-refractivity contribution in [2.75, 3.05) is 6.54 Å². The maximum Gasteiger partial charge on any atom is 0.407 e. The Morgan fingerprint density at radius 3 is 2.74 bits per heavy atom. The Hall–Kier alpha value is -3.32. The zero-order valence-corrected chi connectivity index (χ0v) is 21.0. The number of benzene rings is 1. The highest BCUT2D eigenvalue weighted by molar-refractivity contribution is 5.83. The summed E-state index contributed by atoms with van der Waals surface area (Å²) in [6, 6.07) is 12.2. The van der Waals surface area contributed by atoms with Crippen LogP contribution in [0.25, 0.3) is 23.1 Å². The van der Waals surface area contributed by atoms with E-state index in [1.807, 2.05) is 51.1 Å². The summed E-state index contributed by atoms with van der Waals surface area (Å²) in [5.41, 5.74) is 9.76. The molecule has 2 heterocycles. The van der Waals surface area contributed by atoms with E-state index < -0.39 is 11.7 Å². The van der Waals surface area contributed by atoms with Gasteiger partial charge in [0.2, 0.25) is 0 Å². The molecule has 0 spiro atoms. The summed E-state index contributed by atoms with van der Waals surface area (Å²) in [7, 11) is 0. The number of nitrogens with zero attached hydrogens (tertiary/aromatic N) is 3. The van der Waals surface area contributed by atoms with E-state index in [9.17, 15) is 4.79 Å². The molecule has 1 aliphatic carbocycles. The molecule has 1 fully saturated rings. The molecule has 1 amide bonds. The average Bonchev–Trinajstić information content (AvgIpc) is 2.81. The predicted octanol–water partition coefficient (Wildman–Crippen LogP) is 5.24. The Bertz CT molecular complexity index is 1200. The average molecular weight is 474 g/mol. The van der Waals surface area contributed by atoms with Gasteiger partial charge in [-0.05, 0) is 89.3 Å². The molecule has 184 valence electrons. The Balaban J connectivity index is 1.67. The monoisotopic (exact) mass is 473 g/mol. The summed E-state index contributed by atoms with van der Waals surface area (Å²) in [6.07, 6.45) is 7.85. The molecule has 0 saturated heterocycles. The van der Waals surface area contributed by atoms with Crippen molar-refractivity contribution >= 4 is 29.1 Å². The summed E-state index contributed by atoms with van der Waals surface area (Å²) in [6.45, 7) is 8.16. The van der Waals surface area contributed by atoms with E-state index in [2.05, 4.69) is 35.4 Å². The summed E-state index contributed by atoms with van der Waals surface area (Å²) in [5, 5.41) is 4.03. The van der Waals surface area contributed by atoms with Gasteiger partial charge in [0.1, 0.15) is 5.60 Å². The van der Waals surface area contributed by atoms with Crippen LogP contribution in [0, 0.1) is 12.8 Å². The molecule has 1 aromatic carbocycles. The van der Waals surface area contributed by atoms with E-state index >= 15 is 0 Å². The third-order valence-corrected chi connectivity index (χ3v) is 6.27. The fourth-order valence-electron chi connectivity index (χ4n) is 4.69. The number of alkyl carbamates (subject to hydrolysis) is 1. The van der Waals surface area contributed by atoms with Gasteiger partial charge in [0.05, 0.1) is 16.9 Å². The molecule has 3 aromatic rings. The van der Waals surface area contributed by atoms with Crippen LogP contribution in [0.1, 0.15) is 68.7 Å². The van der Waals surface area contributed by atoms with Crippen LogP contribution in [0.5, 0.6) is 0 Å². The van der Waals surface area contributed by atoms with Crippen LogP contribution in [0.3, 0.4) is 0 Å². The topological polar surface area (TPSA) is 103 Å². The lowest BCUT2D eigenvalue weighted by molar-refractivity contribution is 0.0511. The number of carbonyl (C=O) groups is 1. The van der Waals surface area contributed by atoms with Gasteiger partial charge in [0, 0.05) is 30.1 Å². The molecular formula is C28H35N5O2. The SMILES string of the molecule is Cc1ccc2nc(/C=C\c3ccccn3)nc(C3CCC(N)CC3CNC(=O)OC(C)(C)C)c2c1. The van der Waals surface area contributed by atoms with Gasteiger partial charge in [-0.25, -0.2) is 14.8 Å². The Morgan fingerprint density at radius 1 is 1.17 bits per heavy atom. The van der Waals surface area contributed by atoms with E-state index in [1.165, 1.54) is 0 Å². The van der Waals surface area contributed by atoms with Crippen LogP contribution in [-0.2, 0) is 4.74 Å². The smallest absolute Gasteiger partial charge is 0.407 e. The van der Waals surface area contributed by atoms with Crippen molar-refractivity contribution in [2.45, 2.75) is 64.5 Å². The number of ether oxygens (including phenoxy) is 1. The zero-order valence-electron chi connectivity index (χ0n) is 21.0. The predicted molar refractivity (Wildman–Crippen MR) is 140 cm³/mol. The number of carbonyl (C=O) groups excluding carboxylic acids is 1. The minimum absolute atomic E-state index is 0.107. The Labute approximate surface area is 207 Å². The second-order valence-corrected chi connectivity index (χ2v) is 10.4. The fourth-order valence-corrected chi connectivity index (χ4v) is 4.69. The van der Waals surface area contributed by atoms with Crippen LogP contribution in [-0.4, -0.2) is 39.2 Å². The highest BCUT2D eigenvalue weighted by Gasteiger charge is 2.33. The molecule has 0 bridgehead atoms. The normalized spacial score (nSPS) is 20.8. The number of hydrogen-bond acceptors (Lipinski definition) is 6. The van der Waals surface area contributed by atoms with Gasteiger partial charge >= 0.3 is 6.09 Å². The molecule has 7 nitrogen and oxygen atoms in total. The number of nitrogens with two attached hydrogens (primary N) is 1. The van der Waals surface area contributed by atoms with Gasteiger partial charge in [-0.3, -0.25) is 4.98 Å². The van der Waals surface area contributed by atoms with E-state index in [1.54, 1.807) is 6.20 Å². The first kappa shape index (κ1) is 24.8. The number of hydrogen-bond donors (Lipinski definition) is 2. The molecule has 0 radical (unpaired) electrons. The number of aryl methyl sites for hydroxylation is 1. The molecule has 2 aromatic heterocycles. The summed E-state index contributed by atoms with van der Waals surface area (Å²) >= 11 is 0. The Kier molecular flexibility index (Phi) is 7.45. The molecular weight excluding hydrogens is 438 g/mol. The number of aromatic nitrogens is 3. The van der Waals surface area contributed by atoms with E-state index in [0.717, 1.165) is 47.1 Å². The highest BCUT2D eigenvalue weighted by Crippen LogP contribution is 2.39. The Morgan fingerprint density at radius 2 is 2.00 bits per heavy atom. The third kappa shape index (κ3) is 6.63. The maximum absolute atomic E-state index is 12.4. The first-order chi connectivity index (χ1) is 16.7. The summed E-state index contributed by atoms with van der Waals surface area (Å²) in [5.74, 6) is 0.951. The van der Waals surface area contributed by atoms with Gasteiger partial charge < -0.3 is 15.8 Å². The molecule has 4 rings (SSSR count). The van der Waals surface area contributed by atoms with Crippen LogP contribution in [0.2, 0.25) is 0 Å². The number of rotatable bonds is 5. The van der Waals surface area contributed by atoms with Crippen LogP contribution < -0.4 is 11.1 Å². The minimum atomic E-state index is -0.540. The highest BCUT2D eigenvalue weighted by atomic mass is 16.6. The van der Waals surface area contributed by atoms with E-state index in [4.69, 9.17) is 20.4 Å². The quantitative estimate of drug-likeness (QED) is 0.525. The zero-order chi connectivity index (χ0) is 25.0. The fraction of sp³-hybridized carbons (Fsp3) is 0.429. The maximum atomic E-state index is 12.4. The molecule has 3 atom stereocenters. The number of pyridine rings is 1. The first-order valence-corrected chi connectivity index (χ1v) is 12.3. The summed E-state index contributed by atoms with van der Waals surface area (Å²) in [4.78, 5) is 26.5. The van der Waals surface area contributed by atoms with Gasteiger partial charge in [-0.2, -0.15) is 0 Å². The number of nitrogens with one attached hydrogen (secondary N) is 1. The van der Waals surface area contributed by atoms with Crippen molar-refractivity contribution in [1.82, 2.24) is 20.3 Å². The summed E-state index contributed by atoms with van der Waals surface area (Å²) < 4.78 is 5.45. The molecule has 0 aliphatic heterocycles. The molecule has 35 heavy (non-hydrogen) atoms. The van der Waals surface area contributed by atoms with Crippen molar-refractivity contribution < 1.29 is 9.53 Å². The van der Waals surface area contributed by atoms with Gasteiger partial charge in [0.25, 0.3) is 0 Å². The van der Waals surface area contributed by atoms with Crippen molar-refractivity contribution in [2.24, 2.45) is 11.7 Å². The number of fused-ring (bicyclic) bond motifs is 1. The van der Waals surface area contributed by atoms with E-state index in [0.29, 0.717) is 12.4 Å². The van der Waals surface area contributed by atoms with Crippen molar-refractivity contribution in [1.29, 1.82) is 0 Å². The van der Waals surface area contributed by atoms with Gasteiger partial charge in [-0.15, -0.1) is 0 Å². The molecule has 3 unspecified atom stereocenters. The molecule has 1 saturated carbocycles. The first-order valence-electron chi connectivity index (χ1n) is 12.3. The number of amides is 1. The van der Waals surface area contributed by atoms with Gasteiger partial charge in [0.15, 0.2) is 5.82 Å². The van der Waals surface area contributed by atoms with Crippen LogP contribution >= 0.6 is 0 Å². The lowest BCUT2D eigenvalue weighted by atomic mass is 9.74.